The third-order valence-corrected chi connectivity index (χ3v) is 2.09. The van der Waals surface area contributed by atoms with Gasteiger partial charge in [-0.15, -0.1) is 0 Å². The zero-order valence-electron chi connectivity index (χ0n) is 10.4. The molecule has 0 saturated heterocycles. The minimum Gasteiger partial charge on any atom is -0.0628 e. The molecule has 0 bridgehead atoms. The van der Waals surface area contributed by atoms with E-state index in [2.05, 4.69) is 41.5 Å². The molecule has 0 N–H and O–H groups in total. The summed E-state index contributed by atoms with van der Waals surface area (Å²) in [6.07, 6.45) is 3.99. The minimum absolute atomic E-state index is 0.826. The highest BCUT2D eigenvalue weighted by Crippen LogP contribution is 2.28. The van der Waals surface area contributed by atoms with Crippen molar-refractivity contribution in [1.29, 1.82) is 0 Å². The number of hydrogen-bond donors (Lipinski definition) is 0. The van der Waals surface area contributed by atoms with Crippen molar-refractivity contribution in [2.75, 3.05) is 0 Å². The molecule has 0 heteroatoms. The van der Waals surface area contributed by atoms with Gasteiger partial charge < -0.3 is 0 Å². The summed E-state index contributed by atoms with van der Waals surface area (Å²) < 4.78 is 0. The van der Waals surface area contributed by atoms with Gasteiger partial charge in [0.2, 0.25) is 0 Å². The summed E-state index contributed by atoms with van der Waals surface area (Å²) in [4.78, 5) is 0. The number of rotatable bonds is 6. The zero-order chi connectivity index (χ0) is 10.4. The van der Waals surface area contributed by atoms with Gasteiger partial charge in [-0.3, -0.25) is 0 Å². The van der Waals surface area contributed by atoms with Crippen molar-refractivity contribution in [2.45, 2.75) is 60.8 Å². The fourth-order valence-electron chi connectivity index (χ4n) is 1.98. The van der Waals surface area contributed by atoms with E-state index in [0.717, 1.165) is 17.8 Å². The van der Waals surface area contributed by atoms with Crippen molar-refractivity contribution in [3.05, 3.63) is 5.92 Å². The SMILES string of the molecule is CC(C)C[C](CC(C)C)CC(C)C. The molecule has 0 aromatic rings. The van der Waals surface area contributed by atoms with E-state index in [9.17, 15) is 0 Å². The van der Waals surface area contributed by atoms with Crippen LogP contribution in [-0.2, 0) is 0 Å². The van der Waals surface area contributed by atoms with Gasteiger partial charge in [0, 0.05) is 0 Å². The Labute approximate surface area is 85.1 Å². The maximum Gasteiger partial charge on any atom is -0.0233 e. The highest BCUT2D eigenvalue weighted by Gasteiger charge is 2.14. The van der Waals surface area contributed by atoms with Crippen LogP contribution in [0.3, 0.4) is 0 Å². The molecule has 0 aromatic heterocycles. The van der Waals surface area contributed by atoms with Crippen LogP contribution in [-0.4, -0.2) is 0 Å². The molecule has 0 heterocycles. The van der Waals surface area contributed by atoms with E-state index in [-0.39, 0.29) is 0 Å². The third kappa shape index (κ3) is 8.33. The topological polar surface area (TPSA) is 0 Å². The molecule has 0 fully saturated rings. The van der Waals surface area contributed by atoms with Gasteiger partial charge in [0.15, 0.2) is 0 Å². The summed E-state index contributed by atoms with van der Waals surface area (Å²) in [6.45, 7) is 13.9. The standard InChI is InChI=1S/C13H27/c1-10(2)7-13(8-11(3)4)9-12(5)6/h10-12H,7-9H2,1-6H3. The molecule has 0 unspecified atom stereocenters. The van der Waals surface area contributed by atoms with Gasteiger partial charge in [-0.1, -0.05) is 41.5 Å². The van der Waals surface area contributed by atoms with Crippen molar-refractivity contribution in [3.8, 4) is 0 Å². The highest BCUT2D eigenvalue weighted by molar-refractivity contribution is 4.92. The first kappa shape index (κ1) is 13.0. The zero-order valence-corrected chi connectivity index (χ0v) is 10.4. The van der Waals surface area contributed by atoms with Gasteiger partial charge in [0.25, 0.3) is 0 Å². The second-order valence-electron chi connectivity index (χ2n) is 5.54. The molecule has 0 aliphatic carbocycles. The lowest BCUT2D eigenvalue weighted by molar-refractivity contribution is 0.447. The lowest BCUT2D eigenvalue weighted by Gasteiger charge is -2.22. The molecule has 0 aromatic carbocycles. The molecule has 0 atom stereocenters. The first-order chi connectivity index (χ1) is 5.91. The fourth-order valence-corrected chi connectivity index (χ4v) is 1.98. The van der Waals surface area contributed by atoms with Crippen LogP contribution in [0, 0.1) is 23.7 Å². The fraction of sp³-hybridized carbons (Fsp3) is 0.923. The largest absolute Gasteiger partial charge is 0.0628 e. The Balaban J connectivity index is 3.87. The average Bonchev–Trinajstić information content (AvgIpc) is 1.80. The predicted molar refractivity (Wildman–Crippen MR) is 61.6 cm³/mol. The van der Waals surface area contributed by atoms with Crippen molar-refractivity contribution < 1.29 is 0 Å². The van der Waals surface area contributed by atoms with Crippen molar-refractivity contribution >= 4 is 0 Å². The maximum atomic E-state index is 2.32. The average molecular weight is 183 g/mol. The minimum atomic E-state index is 0.826. The highest BCUT2D eigenvalue weighted by atomic mass is 14.2. The molecule has 13 heavy (non-hydrogen) atoms. The van der Waals surface area contributed by atoms with Crippen LogP contribution in [0.5, 0.6) is 0 Å². The van der Waals surface area contributed by atoms with Gasteiger partial charge in [0.05, 0.1) is 0 Å². The molecule has 0 aliphatic rings. The quantitative estimate of drug-likeness (QED) is 0.560. The summed E-state index contributed by atoms with van der Waals surface area (Å²) in [7, 11) is 0. The lowest BCUT2D eigenvalue weighted by atomic mass is 9.84. The van der Waals surface area contributed by atoms with Gasteiger partial charge in [-0.05, 0) is 42.9 Å². The molecule has 0 saturated carbocycles. The summed E-state index contributed by atoms with van der Waals surface area (Å²) in [6, 6.07) is 0. The van der Waals surface area contributed by atoms with E-state index >= 15 is 0 Å². The summed E-state index contributed by atoms with van der Waals surface area (Å²) in [5.74, 6) is 4.26. The van der Waals surface area contributed by atoms with Gasteiger partial charge in [-0.25, -0.2) is 0 Å². The van der Waals surface area contributed by atoms with Crippen LogP contribution >= 0.6 is 0 Å². The maximum absolute atomic E-state index is 2.32. The van der Waals surface area contributed by atoms with E-state index in [1.54, 1.807) is 5.92 Å². The first-order valence-corrected chi connectivity index (χ1v) is 5.75. The van der Waals surface area contributed by atoms with Crippen LogP contribution in [0.2, 0.25) is 0 Å². The Kier molecular flexibility index (Phi) is 6.45. The Hall–Kier alpha value is 0. The summed E-state index contributed by atoms with van der Waals surface area (Å²) in [5.41, 5.74) is 0. The van der Waals surface area contributed by atoms with Crippen molar-refractivity contribution in [2.24, 2.45) is 17.8 Å². The van der Waals surface area contributed by atoms with Crippen LogP contribution in [0.15, 0.2) is 0 Å². The Bertz CT molecular complexity index is 87.4. The second kappa shape index (κ2) is 6.45. The smallest absolute Gasteiger partial charge is 0.0233 e. The third-order valence-electron chi connectivity index (χ3n) is 2.09. The normalized spacial score (nSPS) is 12.5. The van der Waals surface area contributed by atoms with E-state index < -0.39 is 0 Å². The van der Waals surface area contributed by atoms with Crippen molar-refractivity contribution in [3.63, 3.8) is 0 Å². The predicted octanol–water partition coefficient (Wildman–Crippen LogP) is 4.70. The molecule has 0 aliphatic heterocycles. The lowest BCUT2D eigenvalue weighted by Crippen LogP contribution is -2.08. The van der Waals surface area contributed by atoms with Gasteiger partial charge in [0.1, 0.15) is 0 Å². The Morgan fingerprint density at radius 2 is 0.846 bits per heavy atom. The second-order valence-corrected chi connectivity index (χ2v) is 5.54. The van der Waals surface area contributed by atoms with E-state index in [0.29, 0.717) is 0 Å². The molecular weight excluding hydrogens is 156 g/mol. The molecule has 0 rings (SSSR count). The molecule has 0 amide bonds. The van der Waals surface area contributed by atoms with Crippen LogP contribution < -0.4 is 0 Å². The molecule has 79 valence electrons. The van der Waals surface area contributed by atoms with Gasteiger partial charge >= 0.3 is 0 Å². The Morgan fingerprint density at radius 1 is 0.615 bits per heavy atom. The summed E-state index contributed by atoms with van der Waals surface area (Å²) >= 11 is 0. The van der Waals surface area contributed by atoms with E-state index in [4.69, 9.17) is 0 Å². The molecule has 1 radical (unpaired) electrons. The van der Waals surface area contributed by atoms with E-state index in [1.807, 2.05) is 0 Å². The Morgan fingerprint density at radius 3 is 1.00 bits per heavy atom. The molecule has 0 nitrogen and oxygen atoms in total. The van der Waals surface area contributed by atoms with Crippen LogP contribution in [0.1, 0.15) is 60.8 Å². The van der Waals surface area contributed by atoms with Gasteiger partial charge in [-0.2, -0.15) is 0 Å². The first-order valence-electron chi connectivity index (χ1n) is 5.75. The molecule has 0 spiro atoms. The van der Waals surface area contributed by atoms with Crippen molar-refractivity contribution in [1.82, 2.24) is 0 Å². The van der Waals surface area contributed by atoms with Crippen LogP contribution in [0.4, 0.5) is 0 Å². The van der Waals surface area contributed by atoms with Crippen LogP contribution in [0.25, 0.3) is 0 Å². The number of hydrogen-bond acceptors (Lipinski definition) is 0. The van der Waals surface area contributed by atoms with E-state index in [1.165, 1.54) is 19.3 Å². The monoisotopic (exact) mass is 183 g/mol. The molecular formula is C13H27. The summed E-state index contributed by atoms with van der Waals surface area (Å²) in [5, 5.41) is 0.